The van der Waals surface area contributed by atoms with Crippen molar-refractivity contribution in [2.24, 2.45) is 0 Å². The summed E-state index contributed by atoms with van der Waals surface area (Å²) >= 11 is 12.1. The maximum atomic E-state index is 11.0. The molecular formula is C18H18Cl2O3. The third-order valence-electron chi connectivity index (χ3n) is 3.45. The highest BCUT2D eigenvalue weighted by molar-refractivity contribution is 6.37. The number of carbonyl (C=O) groups is 1. The third-order valence-corrected chi connectivity index (χ3v) is 4.01. The SMILES string of the molecule is CC(C)(C)c1ccc(COc2c(Cl)cc(C(=O)O)cc2Cl)cc1. The molecule has 0 amide bonds. The second-order valence-electron chi connectivity index (χ2n) is 6.31. The smallest absolute Gasteiger partial charge is 0.335 e. The Kier molecular flexibility index (Phi) is 5.23. The Hall–Kier alpha value is -1.71. The van der Waals surface area contributed by atoms with Crippen LogP contribution in [0.15, 0.2) is 36.4 Å². The highest BCUT2D eigenvalue weighted by Gasteiger charge is 2.15. The minimum absolute atomic E-state index is 0.0295. The molecule has 0 heterocycles. The van der Waals surface area contributed by atoms with Crippen LogP contribution in [0.4, 0.5) is 0 Å². The van der Waals surface area contributed by atoms with Gasteiger partial charge in [0.1, 0.15) is 6.61 Å². The molecule has 0 saturated heterocycles. The van der Waals surface area contributed by atoms with Gasteiger partial charge < -0.3 is 9.84 Å². The van der Waals surface area contributed by atoms with E-state index in [1.165, 1.54) is 17.7 Å². The maximum absolute atomic E-state index is 11.0. The van der Waals surface area contributed by atoms with Crippen LogP contribution in [0.2, 0.25) is 10.0 Å². The molecule has 0 aliphatic heterocycles. The highest BCUT2D eigenvalue weighted by atomic mass is 35.5. The average molecular weight is 353 g/mol. The summed E-state index contributed by atoms with van der Waals surface area (Å²) in [7, 11) is 0. The lowest BCUT2D eigenvalue weighted by Gasteiger charge is -2.19. The Bertz CT molecular complexity index is 693. The van der Waals surface area contributed by atoms with Crippen LogP contribution >= 0.6 is 23.2 Å². The predicted molar refractivity (Wildman–Crippen MR) is 92.9 cm³/mol. The molecule has 1 N–H and O–H groups in total. The summed E-state index contributed by atoms with van der Waals surface area (Å²) < 4.78 is 5.66. The third kappa shape index (κ3) is 4.40. The molecule has 122 valence electrons. The van der Waals surface area contributed by atoms with E-state index in [1.807, 2.05) is 12.1 Å². The van der Waals surface area contributed by atoms with E-state index in [-0.39, 0.29) is 21.0 Å². The van der Waals surface area contributed by atoms with E-state index in [1.54, 1.807) is 0 Å². The van der Waals surface area contributed by atoms with Gasteiger partial charge in [-0.15, -0.1) is 0 Å². The van der Waals surface area contributed by atoms with Gasteiger partial charge in [-0.2, -0.15) is 0 Å². The molecule has 0 aromatic heterocycles. The van der Waals surface area contributed by atoms with Crippen LogP contribution in [-0.4, -0.2) is 11.1 Å². The summed E-state index contributed by atoms with van der Waals surface area (Å²) in [5.41, 5.74) is 2.34. The van der Waals surface area contributed by atoms with E-state index < -0.39 is 5.97 Å². The first-order valence-electron chi connectivity index (χ1n) is 7.13. The molecule has 3 nitrogen and oxygen atoms in total. The van der Waals surface area contributed by atoms with Crippen molar-refractivity contribution in [1.29, 1.82) is 0 Å². The zero-order valence-electron chi connectivity index (χ0n) is 13.2. The van der Waals surface area contributed by atoms with Gasteiger partial charge in [-0.1, -0.05) is 68.2 Å². The molecule has 2 aromatic carbocycles. The fraction of sp³-hybridized carbons (Fsp3) is 0.278. The zero-order chi connectivity index (χ0) is 17.2. The lowest BCUT2D eigenvalue weighted by molar-refractivity contribution is 0.0697. The van der Waals surface area contributed by atoms with Crippen LogP contribution in [0.1, 0.15) is 42.3 Å². The Balaban J connectivity index is 2.14. The first kappa shape index (κ1) is 17.6. The van der Waals surface area contributed by atoms with Gasteiger partial charge in [-0.05, 0) is 28.7 Å². The molecule has 0 saturated carbocycles. The summed E-state index contributed by atoms with van der Waals surface area (Å²) in [6.45, 7) is 6.77. The number of aromatic carboxylic acids is 1. The fourth-order valence-electron chi connectivity index (χ4n) is 2.08. The molecule has 2 aromatic rings. The van der Waals surface area contributed by atoms with Gasteiger partial charge in [0.15, 0.2) is 5.75 Å². The molecule has 0 aliphatic rings. The van der Waals surface area contributed by atoms with Crippen molar-refractivity contribution in [3.05, 3.63) is 63.1 Å². The van der Waals surface area contributed by atoms with Crippen molar-refractivity contribution in [1.82, 2.24) is 0 Å². The van der Waals surface area contributed by atoms with Crippen molar-refractivity contribution in [3.63, 3.8) is 0 Å². The molecule has 0 unspecified atom stereocenters. The normalized spacial score (nSPS) is 11.3. The number of rotatable bonds is 4. The summed E-state index contributed by atoms with van der Waals surface area (Å²) in [5.74, 6) is -0.795. The van der Waals surface area contributed by atoms with E-state index in [4.69, 9.17) is 33.0 Å². The zero-order valence-corrected chi connectivity index (χ0v) is 14.7. The van der Waals surface area contributed by atoms with E-state index in [0.717, 1.165) is 5.56 Å². The molecule has 0 atom stereocenters. The van der Waals surface area contributed by atoms with E-state index in [2.05, 4.69) is 32.9 Å². The lowest BCUT2D eigenvalue weighted by atomic mass is 9.87. The van der Waals surface area contributed by atoms with Crippen molar-refractivity contribution < 1.29 is 14.6 Å². The second-order valence-corrected chi connectivity index (χ2v) is 7.12. The van der Waals surface area contributed by atoms with Crippen LogP contribution in [0.3, 0.4) is 0 Å². The molecule has 0 bridgehead atoms. The number of ether oxygens (including phenoxy) is 1. The standard InChI is InChI=1S/C18H18Cl2O3/c1-18(2,3)13-6-4-11(5-7-13)10-23-16-14(19)8-12(17(21)22)9-15(16)20/h4-9H,10H2,1-3H3,(H,21,22). The Morgan fingerprint density at radius 1 is 1.09 bits per heavy atom. The lowest BCUT2D eigenvalue weighted by Crippen LogP contribution is -2.10. The van der Waals surface area contributed by atoms with Crippen LogP contribution in [-0.2, 0) is 12.0 Å². The van der Waals surface area contributed by atoms with Gasteiger partial charge >= 0.3 is 5.97 Å². The van der Waals surface area contributed by atoms with Gasteiger partial charge in [-0.25, -0.2) is 4.79 Å². The number of halogens is 2. The quantitative estimate of drug-likeness (QED) is 0.782. The monoisotopic (exact) mass is 352 g/mol. The van der Waals surface area contributed by atoms with Gasteiger partial charge in [-0.3, -0.25) is 0 Å². The maximum Gasteiger partial charge on any atom is 0.335 e. The van der Waals surface area contributed by atoms with Crippen molar-refractivity contribution in [2.75, 3.05) is 0 Å². The highest BCUT2D eigenvalue weighted by Crippen LogP contribution is 2.35. The first-order chi connectivity index (χ1) is 10.7. The summed E-state index contributed by atoms with van der Waals surface area (Å²) in [6.07, 6.45) is 0. The summed E-state index contributed by atoms with van der Waals surface area (Å²) in [6, 6.07) is 10.8. The Morgan fingerprint density at radius 3 is 2.04 bits per heavy atom. The topological polar surface area (TPSA) is 46.5 Å². The van der Waals surface area contributed by atoms with Crippen molar-refractivity contribution in [3.8, 4) is 5.75 Å². The van der Waals surface area contributed by atoms with Crippen LogP contribution in [0, 0.1) is 0 Å². The van der Waals surface area contributed by atoms with Crippen molar-refractivity contribution in [2.45, 2.75) is 32.8 Å². The molecule has 23 heavy (non-hydrogen) atoms. The number of carboxylic acids is 1. The number of benzene rings is 2. The predicted octanol–water partition coefficient (Wildman–Crippen LogP) is 5.57. The van der Waals surface area contributed by atoms with Crippen LogP contribution in [0.25, 0.3) is 0 Å². The van der Waals surface area contributed by atoms with E-state index in [0.29, 0.717) is 12.4 Å². The summed E-state index contributed by atoms with van der Waals surface area (Å²) in [5, 5.41) is 9.33. The molecule has 2 rings (SSSR count). The molecule has 0 radical (unpaired) electrons. The minimum atomic E-state index is -1.09. The van der Waals surface area contributed by atoms with Gasteiger partial charge in [0.25, 0.3) is 0 Å². The molecular weight excluding hydrogens is 335 g/mol. The largest absolute Gasteiger partial charge is 0.486 e. The van der Waals surface area contributed by atoms with Gasteiger partial charge in [0.05, 0.1) is 15.6 Å². The van der Waals surface area contributed by atoms with E-state index in [9.17, 15) is 4.79 Å². The number of hydrogen-bond donors (Lipinski definition) is 1. The Morgan fingerprint density at radius 2 is 1.61 bits per heavy atom. The van der Waals surface area contributed by atoms with Gasteiger partial charge in [0, 0.05) is 0 Å². The fourth-order valence-corrected chi connectivity index (χ4v) is 2.67. The van der Waals surface area contributed by atoms with Gasteiger partial charge in [0.2, 0.25) is 0 Å². The van der Waals surface area contributed by atoms with E-state index >= 15 is 0 Å². The second kappa shape index (κ2) is 6.81. The minimum Gasteiger partial charge on any atom is -0.486 e. The Labute approximate surface area is 145 Å². The number of carboxylic acid groups (broad SMARTS) is 1. The van der Waals surface area contributed by atoms with Crippen LogP contribution in [0.5, 0.6) is 5.75 Å². The average Bonchev–Trinajstić information content (AvgIpc) is 2.45. The number of hydrogen-bond acceptors (Lipinski definition) is 2. The summed E-state index contributed by atoms with van der Waals surface area (Å²) in [4.78, 5) is 11.0. The molecule has 0 spiro atoms. The van der Waals surface area contributed by atoms with Crippen LogP contribution < -0.4 is 4.74 Å². The molecule has 0 fully saturated rings. The van der Waals surface area contributed by atoms with Crippen molar-refractivity contribution >= 4 is 29.2 Å². The molecule has 0 aliphatic carbocycles. The first-order valence-corrected chi connectivity index (χ1v) is 7.88. The molecule has 5 heteroatoms.